The molecule has 0 aliphatic heterocycles. The largest absolute Gasteiger partial charge is 0.261 e. The Morgan fingerprint density at radius 2 is 2.07 bits per heavy atom. The summed E-state index contributed by atoms with van der Waals surface area (Å²) in [6.07, 6.45) is 12.1. The van der Waals surface area contributed by atoms with Crippen LogP contribution in [0.15, 0.2) is 47.8 Å². The molecule has 1 aromatic carbocycles. The first-order valence-electron chi connectivity index (χ1n) is 10.3. The van der Waals surface area contributed by atoms with Gasteiger partial charge in [0.1, 0.15) is 11.2 Å². The summed E-state index contributed by atoms with van der Waals surface area (Å²) in [5.74, 6) is 1.51. The fourth-order valence-electron chi connectivity index (χ4n) is 4.01. The molecular formula is C24H28N4S. The van der Waals surface area contributed by atoms with Crippen LogP contribution in [0.4, 0.5) is 5.82 Å². The number of benzene rings is 1. The zero-order chi connectivity index (χ0) is 20.3. The average molecular weight is 405 g/mol. The van der Waals surface area contributed by atoms with Crippen molar-refractivity contribution in [2.45, 2.75) is 46.5 Å². The number of allylic oxidation sites excluding steroid dienone is 1. The highest BCUT2D eigenvalue weighted by atomic mass is 32.1. The lowest BCUT2D eigenvalue weighted by Gasteiger charge is -2.36. The van der Waals surface area contributed by atoms with Gasteiger partial charge in [-0.1, -0.05) is 63.6 Å². The van der Waals surface area contributed by atoms with Gasteiger partial charge in [-0.05, 0) is 47.8 Å². The molecule has 1 aliphatic carbocycles. The molecule has 2 heterocycles. The standard InChI is InChI=1S/C24H28N4S/c1-4-24(2,3)18-12-13-20-19(15-18)21-22(25-16-26-23(21)29-20)28-27-14-8-11-17-9-6-5-7-10-17/h5-11,14,16,18H,4,12-13,15H2,1-3H3,(H,25,26,28)/b11-8+,27-14-/t18-/m0/s1. The monoisotopic (exact) mass is 404 g/mol. The van der Waals surface area contributed by atoms with E-state index in [-0.39, 0.29) is 0 Å². The summed E-state index contributed by atoms with van der Waals surface area (Å²) in [4.78, 5) is 11.6. The van der Waals surface area contributed by atoms with Crippen molar-refractivity contribution >= 4 is 39.7 Å². The van der Waals surface area contributed by atoms with Gasteiger partial charge in [0, 0.05) is 11.1 Å². The summed E-state index contributed by atoms with van der Waals surface area (Å²) in [7, 11) is 0. The van der Waals surface area contributed by atoms with E-state index in [4.69, 9.17) is 0 Å². The first-order valence-corrected chi connectivity index (χ1v) is 11.2. The van der Waals surface area contributed by atoms with Crippen molar-refractivity contribution in [3.63, 3.8) is 0 Å². The van der Waals surface area contributed by atoms with Gasteiger partial charge in [0.15, 0.2) is 5.82 Å². The van der Waals surface area contributed by atoms with Crippen LogP contribution in [-0.4, -0.2) is 16.2 Å². The fourth-order valence-corrected chi connectivity index (χ4v) is 5.19. The summed E-state index contributed by atoms with van der Waals surface area (Å²) in [6.45, 7) is 7.10. The van der Waals surface area contributed by atoms with Gasteiger partial charge in [0.05, 0.1) is 5.39 Å². The van der Waals surface area contributed by atoms with Gasteiger partial charge < -0.3 is 0 Å². The zero-order valence-corrected chi connectivity index (χ0v) is 18.2. The van der Waals surface area contributed by atoms with Crippen molar-refractivity contribution in [2.75, 3.05) is 5.43 Å². The van der Waals surface area contributed by atoms with E-state index in [1.165, 1.54) is 23.3 Å². The molecule has 0 spiro atoms. The molecule has 5 heteroatoms. The predicted octanol–water partition coefficient (Wildman–Crippen LogP) is 6.34. The van der Waals surface area contributed by atoms with Crippen molar-refractivity contribution in [3.8, 4) is 0 Å². The molecule has 2 aromatic heterocycles. The third-order valence-corrected chi connectivity index (χ3v) is 7.48. The molecule has 0 fully saturated rings. The molecule has 0 bridgehead atoms. The molecule has 0 saturated carbocycles. The van der Waals surface area contributed by atoms with Crippen LogP contribution >= 0.6 is 11.3 Å². The Morgan fingerprint density at radius 1 is 1.24 bits per heavy atom. The number of hydrogen-bond donors (Lipinski definition) is 1. The smallest absolute Gasteiger partial charge is 0.158 e. The number of nitrogens with zero attached hydrogens (tertiary/aromatic N) is 3. The second-order valence-corrected chi connectivity index (χ2v) is 9.43. The number of rotatable bonds is 6. The van der Waals surface area contributed by atoms with Crippen molar-refractivity contribution in [1.29, 1.82) is 0 Å². The highest BCUT2D eigenvalue weighted by Gasteiger charge is 2.33. The molecule has 29 heavy (non-hydrogen) atoms. The van der Waals surface area contributed by atoms with Gasteiger partial charge >= 0.3 is 0 Å². The van der Waals surface area contributed by atoms with Crippen LogP contribution in [0.5, 0.6) is 0 Å². The number of nitrogens with one attached hydrogen (secondary N) is 1. The molecular weight excluding hydrogens is 376 g/mol. The quantitative estimate of drug-likeness (QED) is 0.385. The molecule has 150 valence electrons. The Kier molecular flexibility index (Phi) is 5.76. The molecule has 4 rings (SSSR count). The van der Waals surface area contributed by atoms with E-state index < -0.39 is 0 Å². The van der Waals surface area contributed by atoms with Gasteiger partial charge in [-0.15, -0.1) is 11.3 Å². The summed E-state index contributed by atoms with van der Waals surface area (Å²) in [6, 6.07) is 10.2. The third kappa shape index (κ3) is 4.25. The topological polar surface area (TPSA) is 50.2 Å². The number of aromatic nitrogens is 2. The minimum absolute atomic E-state index is 0.357. The second-order valence-electron chi connectivity index (χ2n) is 8.35. The molecule has 0 unspecified atom stereocenters. The van der Waals surface area contributed by atoms with E-state index in [1.54, 1.807) is 12.5 Å². The molecule has 0 radical (unpaired) electrons. The first kappa shape index (κ1) is 19.8. The second kappa shape index (κ2) is 8.46. The summed E-state index contributed by atoms with van der Waals surface area (Å²) >= 11 is 1.82. The van der Waals surface area contributed by atoms with Crippen molar-refractivity contribution in [3.05, 3.63) is 58.7 Å². The van der Waals surface area contributed by atoms with Crippen LogP contribution in [0, 0.1) is 11.3 Å². The predicted molar refractivity (Wildman–Crippen MR) is 125 cm³/mol. The normalized spacial score (nSPS) is 17.3. The van der Waals surface area contributed by atoms with Gasteiger partial charge in [-0.25, -0.2) is 9.97 Å². The Hall–Kier alpha value is -2.53. The highest BCUT2D eigenvalue weighted by Crippen LogP contribution is 2.45. The zero-order valence-electron chi connectivity index (χ0n) is 17.4. The minimum Gasteiger partial charge on any atom is -0.261 e. The Morgan fingerprint density at radius 3 is 2.86 bits per heavy atom. The summed E-state index contributed by atoms with van der Waals surface area (Å²) in [5, 5.41) is 5.53. The van der Waals surface area contributed by atoms with E-state index in [0.717, 1.165) is 34.4 Å². The van der Waals surface area contributed by atoms with E-state index in [2.05, 4.69) is 53.4 Å². The Bertz CT molecular complexity index is 1030. The number of hydrazone groups is 1. The molecule has 0 amide bonds. The maximum Gasteiger partial charge on any atom is 0.158 e. The molecule has 4 nitrogen and oxygen atoms in total. The van der Waals surface area contributed by atoms with Crippen LogP contribution in [0.25, 0.3) is 16.3 Å². The first-order chi connectivity index (χ1) is 14.1. The van der Waals surface area contributed by atoms with Crippen molar-refractivity contribution < 1.29 is 0 Å². The number of hydrogen-bond acceptors (Lipinski definition) is 5. The van der Waals surface area contributed by atoms with Crippen molar-refractivity contribution in [2.24, 2.45) is 16.4 Å². The number of thiophene rings is 1. The van der Waals surface area contributed by atoms with Gasteiger partial charge in [0.2, 0.25) is 0 Å². The lowest BCUT2D eigenvalue weighted by Crippen LogP contribution is -2.28. The molecule has 1 N–H and O–H groups in total. The average Bonchev–Trinajstić information content (AvgIpc) is 3.13. The number of anilines is 1. The maximum absolute atomic E-state index is 4.54. The lowest BCUT2D eigenvalue weighted by molar-refractivity contribution is 0.184. The van der Waals surface area contributed by atoms with Crippen molar-refractivity contribution in [1.82, 2.24) is 9.97 Å². The summed E-state index contributed by atoms with van der Waals surface area (Å²) < 4.78 is 0. The Labute approximate surface area is 176 Å². The van der Waals surface area contributed by atoms with E-state index in [0.29, 0.717) is 11.3 Å². The van der Waals surface area contributed by atoms with Gasteiger partial charge in [-0.3, -0.25) is 5.43 Å². The number of aryl methyl sites for hydroxylation is 1. The lowest BCUT2D eigenvalue weighted by atomic mass is 9.69. The van der Waals surface area contributed by atoms with Crippen LogP contribution in [0.2, 0.25) is 0 Å². The van der Waals surface area contributed by atoms with Crippen LogP contribution in [0.3, 0.4) is 0 Å². The molecule has 0 saturated heterocycles. The Balaban J connectivity index is 1.56. The fraction of sp³-hybridized carbons (Fsp3) is 0.375. The maximum atomic E-state index is 4.54. The summed E-state index contributed by atoms with van der Waals surface area (Å²) in [5.41, 5.74) is 6.09. The van der Waals surface area contributed by atoms with Crippen LogP contribution < -0.4 is 5.43 Å². The van der Waals surface area contributed by atoms with Gasteiger partial charge in [0.25, 0.3) is 0 Å². The molecule has 3 aromatic rings. The minimum atomic E-state index is 0.357. The molecule has 1 atom stereocenters. The van der Waals surface area contributed by atoms with E-state index in [1.807, 2.05) is 41.7 Å². The highest BCUT2D eigenvalue weighted by molar-refractivity contribution is 7.19. The van der Waals surface area contributed by atoms with Crippen LogP contribution in [0.1, 0.15) is 49.6 Å². The third-order valence-electron chi connectivity index (χ3n) is 6.28. The van der Waals surface area contributed by atoms with Gasteiger partial charge in [-0.2, -0.15) is 5.10 Å². The van der Waals surface area contributed by atoms with Crippen LogP contribution in [-0.2, 0) is 12.8 Å². The SMILES string of the molecule is CCC(C)(C)[C@H]1CCc2sc3ncnc(N/N=C\C=C\c4ccccc4)c3c2C1. The molecule has 1 aliphatic rings. The van der Waals surface area contributed by atoms with E-state index in [9.17, 15) is 0 Å². The van der Waals surface area contributed by atoms with E-state index >= 15 is 0 Å². The number of fused-ring (bicyclic) bond motifs is 3.